The summed E-state index contributed by atoms with van der Waals surface area (Å²) in [5, 5.41) is 8.70. The van der Waals surface area contributed by atoms with Gasteiger partial charge in [-0.1, -0.05) is 24.3 Å². The highest BCUT2D eigenvalue weighted by Gasteiger charge is 2.08. The molecule has 0 aliphatic carbocycles. The van der Waals surface area contributed by atoms with Gasteiger partial charge < -0.3 is 5.11 Å². The Labute approximate surface area is 102 Å². The summed E-state index contributed by atoms with van der Waals surface area (Å²) in [6.45, 7) is 6.44. The van der Waals surface area contributed by atoms with Crippen LogP contribution in [-0.2, 0) is 22.7 Å². The van der Waals surface area contributed by atoms with Gasteiger partial charge in [-0.3, -0.25) is 9.63 Å². The molecule has 4 heteroatoms. The minimum Gasteiger partial charge on any atom is -0.481 e. The van der Waals surface area contributed by atoms with Gasteiger partial charge in [-0.15, -0.1) is 0 Å². The number of carboxylic acids is 1. The van der Waals surface area contributed by atoms with E-state index in [2.05, 4.69) is 5.48 Å². The van der Waals surface area contributed by atoms with E-state index in [4.69, 9.17) is 9.94 Å². The smallest absolute Gasteiger partial charge is 0.307 e. The Morgan fingerprint density at radius 2 is 2.00 bits per heavy atom. The molecular weight excluding hydrogens is 218 g/mol. The molecule has 1 aromatic carbocycles. The number of hydrogen-bond acceptors (Lipinski definition) is 3. The monoisotopic (exact) mass is 237 g/mol. The second-order valence-electron chi connectivity index (χ2n) is 5.03. The van der Waals surface area contributed by atoms with Gasteiger partial charge in [0.15, 0.2) is 0 Å². The molecule has 0 aromatic heterocycles. The van der Waals surface area contributed by atoms with Crippen LogP contribution in [0.25, 0.3) is 0 Å². The molecule has 0 heterocycles. The maximum Gasteiger partial charge on any atom is 0.307 e. The van der Waals surface area contributed by atoms with Crippen LogP contribution in [0.2, 0.25) is 0 Å². The van der Waals surface area contributed by atoms with Crippen LogP contribution in [0.3, 0.4) is 0 Å². The van der Waals surface area contributed by atoms with E-state index < -0.39 is 5.97 Å². The van der Waals surface area contributed by atoms with Gasteiger partial charge in [0.05, 0.1) is 13.0 Å². The van der Waals surface area contributed by atoms with Gasteiger partial charge in [0.1, 0.15) is 0 Å². The summed E-state index contributed by atoms with van der Waals surface area (Å²) in [6.07, 6.45) is 0.0422. The van der Waals surface area contributed by atoms with Gasteiger partial charge in [-0.25, -0.2) is 0 Å². The van der Waals surface area contributed by atoms with E-state index in [9.17, 15) is 4.79 Å². The highest BCUT2D eigenvalue weighted by Crippen LogP contribution is 2.08. The maximum atomic E-state index is 10.6. The van der Waals surface area contributed by atoms with Crippen LogP contribution in [0.4, 0.5) is 0 Å². The Morgan fingerprint density at radius 1 is 1.35 bits per heavy atom. The predicted molar refractivity (Wildman–Crippen MR) is 65.5 cm³/mol. The third-order valence-electron chi connectivity index (χ3n) is 1.96. The molecule has 4 nitrogen and oxygen atoms in total. The minimum absolute atomic E-state index is 0.0422. The Balaban J connectivity index is 2.51. The molecule has 0 aliphatic rings. The zero-order valence-electron chi connectivity index (χ0n) is 10.5. The molecule has 94 valence electrons. The van der Waals surface area contributed by atoms with Crippen molar-refractivity contribution in [3.63, 3.8) is 0 Å². The minimum atomic E-state index is -0.823. The molecule has 2 N–H and O–H groups in total. The van der Waals surface area contributed by atoms with E-state index in [1.165, 1.54) is 0 Å². The highest BCUT2D eigenvalue weighted by molar-refractivity contribution is 5.70. The van der Waals surface area contributed by atoms with Crippen LogP contribution in [0.5, 0.6) is 0 Å². The largest absolute Gasteiger partial charge is 0.481 e. The molecule has 1 rings (SSSR count). The Morgan fingerprint density at radius 3 is 2.59 bits per heavy atom. The molecule has 0 unspecified atom stereocenters. The first-order valence-electron chi connectivity index (χ1n) is 5.55. The average molecular weight is 237 g/mol. The van der Waals surface area contributed by atoms with E-state index in [0.29, 0.717) is 6.61 Å². The first-order valence-corrected chi connectivity index (χ1v) is 5.55. The summed E-state index contributed by atoms with van der Waals surface area (Å²) in [7, 11) is 0. The summed E-state index contributed by atoms with van der Waals surface area (Å²) < 4.78 is 0. The van der Waals surface area contributed by atoms with Gasteiger partial charge in [-0.05, 0) is 31.9 Å². The fraction of sp³-hybridized carbons (Fsp3) is 0.462. The molecule has 0 amide bonds. The van der Waals surface area contributed by atoms with Crippen LogP contribution >= 0.6 is 0 Å². The van der Waals surface area contributed by atoms with E-state index in [1.54, 1.807) is 6.07 Å². The van der Waals surface area contributed by atoms with Crippen molar-refractivity contribution in [1.82, 2.24) is 5.48 Å². The Hall–Kier alpha value is -1.39. The first-order chi connectivity index (χ1) is 7.87. The highest BCUT2D eigenvalue weighted by atomic mass is 16.6. The van der Waals surface area contributed by atoms with Gasteiger partial charge >= 0.3 is 5.97 Å². The zero-order valence-corrected chi connectivity index (χ0v) is 10.5. The van der Waals surface area contributed by atoms with Crippen molar-refractivity contribution < 1.29 is 14.7 Å². The van der Waals surface area contributed by atoms with E-state index in [0.717, 1.165) is 11.1 Å². The topological polar surface area (TPSA) is 58.6 Å². The maximum absolute atomic E-state index is 10.6. The number of hydroxylamine groups is 1. The number of carbonyl (C=O) groups is 1. The predicted octanol–water partition coefficient (Wildman–Crippen LogP) is 2.13. The standard InChI is InChI=1S/C13H19NO3/c1-13(2,3)14-17-9-11-6-4-5-10(7-11)8-12(15)16/h4-7,14H,8-9H2,1-3H3,(H,15,16). The quantitative estimate of drug-likeness (QED) is 0.770. The molecule has 0 aliphatic heterocycles. The molecule has 1 aromatic rings. The van der Waals surface area contributed by atoms with Crippen molar-refractivity contribution in [3.8, 4) is 0 Å². The van der Waals surface area contributed by atoms with Crippen molar-refractivity contribution in [2.75, 3.05) is 0 Å². The Bertz CT molecular complexity index is 382. The number of aliphatic carboxylic acids is 1. The van der Waals surface area contributed by atoms with Gasteiger partial charge in [0.25, 0.3) is 0 Å². The first kappa shape index (κ1) is 13.7. The van der Waals surface area contributed by atoms with Crippen molar-refractivity contribution in [2.24, 2.45) is 0 Å². The van der Waals surface area contributed by atoms with Crippen molar-refractivity contribution in [3.05, 3.63) is 35.4 Å². The lowest BCUT2D eigenvalue weighted by Crippen LogP contribution is -2.35. The summed E-state index contributed by atoms with van der Waals surface area (Å²) in [4.78, 5) is 15.9. The molecular formula is C13H19NO3. The zero-order chi connectivity index (χ0) is 12.9. The van der Waals surface area contributed by atoms with Crippen molar-refractivity contribution in [2.45, 2.75) is 39.3 Å². The third kappa shape index (κ3) is 6.04. The van der Waals surface area contributed by atoms with Gasteiger partial charge in [0, 0.05) is 5.54 Å². The SMILES string of the molecule is CC(C)(C)NOCc1cccc(CC(=O)O)c1. The fourth-order valence-electron chi connectivity index (χ4n) is 1.34. The molecule has 17 heavy (non-hydrogen) atoms. The normalized spacial score (nSPS) is 11.5. The van der Waals surface area contributed by atoms with Crippen LogP contribution in [0.15, 0.2) is 24.3 Å². The number of rotatable bonds is 5. The van der Waals surface area contributed by atoms with Crippen molar-refractivity contribution >= 4 is 5.97 Å². The Kier molecular flexibility index (Phi) is 4.66. The van der Waals surface area contributed by atoms with Crippen LogP contribution in [0.1, 0.15) is 31.9 Å². The molecule has 0 saturated heterocycles. The van der Waals surface area contributed by atoms with Crippen LogP contribution < -0.4 is 5.48 Å². The van der Waals surface area contributed by atoms with E-state index in [-0.39, 0.29) is 12.0 Å². The third-order valence-corrected chi connectivity index (χ3v) is 1.96. The molecule has 0 spiro atoms. The average Bonchev–Trinajstić information content (AvgIpc) is 2.15. The number of benzene rings is 1. The summed E-state index contributed by atoms with van der Waals surface area (Å²) >= 11 is 0. The lowest BCUT2D eigenvalue weighted by molar-refractivity contribution is -0.136. The number of nitrogens with one attached hydrogen (secondary N) is 1. The summed E-state index contributed by atoms with van der Waals surface area (Å²) in [5.74, 6) is -0.823. The molecule has 0 fully saturated rings. The summed E-state index contributed by atoms with van der Waals surface area (Å²) in [5.41, 5.74) is 4.56. The molecule has 0 radical (unpaired) electrons. The van der Waals surface area contributed by atoms with E-state index in [1.807, 2.05) is 39.0 Å². The molecule has 0 atom stereocenters. The molecule has 0 saturated carbocycles. The summed E-state index contributed by atoms with van der Waals surface area (Å²) in [6, 6.07) is 7.40. The van der Waals surface area contributed by atoms with Gasteiger partial charge in [-0.2, -0.15) is 5.48 Å². The van der Waals surface area contributed by atoms with Gasteiger partial charge in [0.2, 0.25) is 0 Å². The number of carboxylic acid groups (broad SMARTS) is 1. The molecule has 0 bridgehead atoms. The second kappa shape index (κ2) is 5.80. The number of hydrogen-bond donors (Lipinski definition) is 2. The second-order valence-corrected chi connectivity index (χ2v) is 5.03. The van der Waals surface area contributed by atoms with Crippen LogP contribution in [-0.4, -0.2) is 16.6 Å². The van der Waals surface area contributed by atoms with Crippen LogP contribution in [0, 0.1) is 0 Å². The lowest BCUT2D eigenvalue weighted by atomic mass is 10.1. The fourth-order valence-corrected chi connectivity index (χ4v) is 1.34. The lowest BCUT2D eigenvalue weighted by Gasteiger charge is -2.19. The van der Waals surface area contributed by atoms with Crippen molar-refractivity contribution in [1.29, 1.82) is 0 Å². The van der Waals surface area contributed by atoms with E-state index >= 15 is 0 Å².